The van der Waals surface area contributed by atoms with E-state index in [1.165, 1.54) is 12.1 Å². The fraction of sp³-hybridized carbons (Fsp3) is 0.533. The van der Waals surface area contributed by atoms with Crippen LogP contribution in [0.2, 0.25) is 0 Å². The first-order chi connectivity index (χ1) is 10.8. The summed E-state index contributed by atoms with van der Waals surface area (Å²) in [6.07, 6.45) is -4.68. The summed E-state index contributed by atoms with van der Waals surface area (Å²) in [5, 5.41) is 0. The van der Waals surface area contributed by atoms with Crippen LogP contribution in [0, 0.1) is 0 Å². The van der Waals surface area contributed by atoms with Gasteiger partial charge in [0.1, 0.15) is 0 Å². The van der Waals surface area contributed by atoms with Gasteiger partial charge in [0.2, 0.25) is 10.0 Å². The number of hydrogen-bond acceptors (Lipinski definition) is 3. The van der Waals surface area contributed by atoms with Gasteiger partial charge in [-0.15, -0.1) is 0 Å². The second-order valence-electron chi connectivity index (χ2n) is 6.76. The summed E-state index contributed by atoms with van der Waals surface area (Å²) in [5.74, 6) is -1.91. The van der Waals surface area contributed by atoms with E-state index in [1.54, 1.807) is 26.8 Å². The van der Waals surface area contributed by atoms with Crippen LogP contribution in [0.1, 0.15) is 31.9 Å². The molecular formula is C15H19F3N2O3S. The average Bonchev–Trinajstić information content (AvgIpc) is 2.41. The summed E-state index contributed by atoms with van der Waals surface area (Å²) in [6.45, 7) is 4.76. The standard InChI is InChI=1S/C15H19F3N2O3S/c1-14(2,3)19-24(22,23)12-5-4-10-6-7-20(9-11(10)8-12)13(21)15(16,17)18/h4-5,8,19H,6-7,9H2,1-3H3. The van der Waals surface area contributed by atoms with Gasteiger partial charge >= 0.3 is 12.1 Å². The van der Waals surface area contributed by atoms with Gasteiger partial charge in [-0.05, 0) is 50.5 Å². The van der Waals surface area contributed by atoms with Crippen molar-refractivity contribution >= 4 is 15.9 Å². The maximum Gasteiger partial charge on any atom is 0.471 e. The lowest BCUT2D eigenvalue weighted by Crippen LogP contribution is -2.44. The Morgan fingerprint density at radius 3 is 2.33 bits per heavy atom. The van der Waals surface area contributed by atoms with Gasteiger partial charge in [-0.25, -0.2) is 13.1 Å². The van der Waals surface area contributed by atoms with Crippen molar-refractivity contribution in [1.82, 2.24) is 9.62 Å². The Morgan fingerprint density at radius 2 is 1.79 bits per heavy atom. The fourth-order valence-electron chi connectivity index (χ4n) is 2.52. The third kappa shape index (κ3) is 4.27. The number of halogens is 3. The molecule has 1 aliphatic rings. The Kier molecular flexibility index (Phi) is 4.71. The van der Waals surface area contributed by atoms with E-state index in [4.69, 9.17) is 0 Å². The van der Waals surface area contributed by atoms with Crippen LogP contribution in [0.4, 0.5) is 13.2 Å². The molecule has 0 aromatic heterocycles. The Labute approximate surface area is 138 Å². The van der Waals surface area contributed by atoms with E-state index in [0.29, 0.717) is 10.5 Å². The van der Waals surface area contributed by atoms with Crippen molar-refractivity contribution < 1.29 is 26.4 Å². The SMILES string of the molecule is CC(C)(C)NS(=O)(=O)c1ccc2c(c1)CN(C(=O)C(F)(F)F)CC2. The lowest BCUT2D eigenvalue weighted by Gasteiger charge is -2.30. The molecule has 1 aromatic rings. The number of alkyl halides is 3. The third-order valence-electron chi connectivity index (χ3n) is 3.47. The minimum atomic E-state index is -4.94. The second kappa shape index (κ2) is 6.03. The van der Waals surface area contributed by atoms with Gasteiger partial charge in [0.25, 0.3) is 0 Å². The minimum Gasteiger partial charge on any atom is -0.330 e. The molecule has 0 aliphatic carbocycles. The van der Waals surface area contributed by atoms with Crippen LogP contribution < -0.4 is 4.72 Å². The summed E-state index contributed by atoms with van der Waals surface area (Å²) in [4.78, 5) is 12.0. The van der Waals surface area contributed by atoms with Crippen molar-refractivity contribution in [2.75, 3.05) is 6.54 Å². The van der Waals surface area contributed by atoms with Gasteiger partial charge in [0.05, 0.1) is 4.90 Å². The first-order valence-corrected chi connectivity index (χ1v) is 8.80. The number of sulfonamides is 1. The van der Waals surface area contributed by atoms with Gasteiger partial charge in [0.15, 0.2) is 0 Å². The summed E-state index contributed by atoms with van der Waals surface area (Å²) in [7, 11) is -3.79. The minimum absolute atomic E-state index is 0.0301. The molecule has 0 spiro atoms. The fourth-order valence-corrected chi connectivity index (χ4v) is 3.98. The molecular weight excluding hydrogens is 345 g/mol. The molecule has 0 atom stereocenters. The van der Waals surface area contributed by atoms with Crippen LogP contribution in [0.3, 0.4) is 0 Å². The zero-order valence-electron chi connectivity index (χ0n) is 13.6. The van der Waals surface area contributed by atoms with E-state index in [9.17, 15) is 26.4 Å². The first kappa shape index (κ1) is 18.7. The molecule has 0 saturated heterocycles. The number of nitrogens with zero attached hydrogens (tertiary/aromatic N) is 1. The molecule has 9 heteroatoms. The average molecular weight is 364 g/mol. The smallest absolute Gasteiger partial charge is 0.330 e. The Bertz CT molecular complexity index is 752. The van der Waals surface area contributed by atoms with E-state index in [1.807, 2.05) is 0 Å². The van der Waals surface area contributed by atoms with Crippen LogP contribution in [0.25, 0.3) is 0 Å². The number of carbonyl (C=O) groups is 1. The predicted octanol–water partition coefficient (Wildman–Crippen LogP) is 2.21. The van der Waals surface area contributed by atoms with Crippen LogP contribution in [-0.4, -0.2) is 37.5 Å². The first-order valence-electron chi connectivity index (χ1n) is 7.31. The summed E-state index contributed by atoms with van der Waals surface area (Å²) >= 11 is 0. The highest BCUT2D eigenvalue weighted by atomic mass is 32.2. The molecule has 1 amide bonds. The van der Waals surface area contributed by atoms with Crippen molar-refractivity contribution in [3.05, 3.63) is 29.3 Å². The number of carbonyl (C=O) groups excluding carboxylic acids is 1. The predicted molar refractivity (Wildman–Crippen MR) is 81.7 cm³/mol. The molecule has 0 unspecified atom stereocenters. The Morgan fingerprint density at radius 1 is 1.17 bits per heavy atom. The summed E-state index contributed by atoms with van der Waals surface area (Å²) < 4.78 is 64.9. The quantitative estimate of drug-likeness (QED) is 0.875. The van der Waals surface area contributed by atoms with Crippen LogP contribution in [0.15, 0.2) is 23.1 Å². The third-order valence-corrected chi connectivity index (χ3v) is 5.23. The molecule has 134 valence electrons. The van der Waals surface area contributed by atoms with E-state index >= 15 is 0 Å². The molecule has 2 rings (SSSR count). The number of nitrogens with one attached hydrogen (secondary N) is 1. The molecule has 1 aromatic carbocycles. The molecule has 0 fully saturated rings. The van der Waals surface area contributed by atoms with Crippen molar-refractivity contribution in [1.29, 1.82) is 0 Å². The van der Waals surface area contributed by atoms with Crippen molar-refractivity contribution in [2.45, 2.75) is 50.3 Å². The second-order valence-corrected chi connectivity index (χ2v) is 8.44. The zero-order chi connectivity index (χ0) is 18.3. The molecule has 1 N–H and O–H groups in total. The highest BCUT2D eigenvalue weighted by molar-refractivity contribution is 7.89. The van der Waals surface area contributed by atoms with Crippen molar-refractivity contribution in [3.63, 3.8) is 0 Å². The lowest BCUT2D eigenvalue weighted by atomic mass is 10.00. The van der Waals surface area contributed by atoms with Crippen LogP contribution in [0.5, 0.6) is 0 Å². The molecule has 1 aliphatic heterocycles. The largest absolute Gasteiger partial charge is 0.471 e. The number of rotatable bonds is 2. The number of amides is 1. The highest BCUT2D eigenvalue weighted by Crippen LogP contribution is 2.26. The topological polar surface area (TPSA) is 66.5 Å². The van der Waals surface area contributed by atoms with E-state index in [2.05, 4.69) is 4.72 Å². The summed E-state index contributed by atoms with van der Waals surface area (Å²) in [6, 6.07) is 4.34. The van der Waals surface area contributed by atoms with Crippen molar-refractivity contribution in [3.8, 4) is 0 Å². The van der Waals surface area contributed by atoms with Crippen LogP contribution in [-0.2, 0) is 27.8 Å². The molecule has 1 heterocycles. The van der Waals surface area contributed by atoms with Gasteiger partial charge in [-0.3, -0.25) is 4.79 Å². The van der Waals surface area contributed by atoms with Gasteiger partial charge in [-0.1, -0.05) is 6.07 Å². The highest BCUT2D eigenvalue weighted by Gasteiger charge is 2.43. The maximum atomic E-state index is 12.6. The Hall–Kier alpha value is -1.61. The van der Waals surface area contributed by atoms with Gasteiger partial charge < -0.3 is 4.90 Å². The number of benzene rings is 1. The molecule has 24 heavy (non-hydrogen) atoms. The van der Waals surface area contributed by atoms with E-state index in [0.717, 1.165) is 5.56 Å². The van der Waals surface area contributed by atoms with E-state index < -0.39 is 27.6 Å². The maximum absolute atomic E-state index is 12.6. The van der Waals surface area contributed by atoms with E-state index in [-0.39, 0.29) is 24.4 Å². The molecule has 0 bridgehead atoms. The lowest BCUT2D eigenvalue weighted by molar-refractivity contribution is -0.186. The molecule has 5 nitrogen and oxygen atoms in total. The normalized spacial score (nSPS) is 16.0. The van der Waals surface area contributed by atoms with Gasteiger partial charge in [-0.2, -0.15) is 13.2 Å². The molecule has 0 saturated carbocycles. The van der Waals surface area contributed by atoms with Crippen LogP contribution >= 0.6 is 0 Å². The molecule has 0 radical (unpaired) electrons. The van der Waals surface area contributed by atoms with Crippen molar-refractivity contribution in [2.24, 2.45) is 0 Å². The number of hydrogen-bond donors (Lipinski definition) is 1. The van der Waals surface area contributed by atoms with Gasteiger partial charge in [0, 0.05) is 18.6 Å². The number of fused-ring (bicyclic) bond motifs is 1. The monoisotopic (exact) mass is 364 g/mol. The summed E-state index contributed by atoms with van der Waals surface area (Å²) in [5.41, 5.74) is 0.471. The zero-order valence-corrected chi connectivity index (χ0v) is 14.4. The Balaban J connectivity index is 2.30.